The molecule has 3 aromatic carbocycles. The minimum Gasteiger partial charge on any atom is -0.507 e. The van der Waals surface area contributed by atoms with E-state index in [1.165, 1.54) is 30.5 Å². The van der Waals surface area contributed by atoms with Gasteiger partial charge >= 0.3 is 5.91 Å². The van der Waals surface area contributed by atoms with Crippen molar-refractivity contribution < 1.29 is 33.6 Å². The Kier molecular flexibility index (Phi) is 8.11. The van der Waals surface area contributed by atoms with E-state index in [-0.39, 0.29) is 11.3 Å². The summed E-state index contributed by atoms with van der Waals surface area (Å²) in [4.78, 5) is 33.2. The van der Waals surface area contributed by atoms with Crippen molar-refractivity contribution in [2.24, 2.45) is 0 Å². The number of benzene rings is 3. The summed E-state index contributed by atoms with van der Waals surface area (Å²) < 4.78 is 23.0. The molecule has 1 aliphatic heterocycles. The number of aliphatic hydroxyl groups is 1. The number of amides is 1. The van der Waals surface area contributed by atoms with Crippen LogP contribution in [0.2, 0.25) is 0 Å². The molecule has 1 aliphatic rings. The molecule has 0 saturated carbocycles. The lowest BCUT2D eigenvalue weighted by Gasteiger charge is -2.23. The van der Waals surface area contributed by atoms with Crippen molar-refractivity contribution in [3.63, 3.8) is 0 Å². The average molecular weight is 575 g/mol. The summed E-state index contributed by atoms with van der Waals surface area (Å²) in [5.41, 5.74) is 1.52. The van der Waals surface area contributed by atoms with Crippen molar-refractivity contribution in [3.8, 4) is 23.0 Å². The van der Waals surface area contributed by atoms with Gasteiger partial charge in [-0.3, -0.25) is 14.5 Å². The molecule has 1 unspecified atom stereocenters. The van der Waals surface area contributed by atoms with Crippen molar-refractivity contribution >= 4 is 44.1 Å². The lowest BCUT2D eigenvalue weighted by Crippen LogP contribution is -2.29. The molecule has 41 heavy (non-hydrogen) atoms. The Hall–Kier alpha value is -4.57. The zero-order valence-electron chi connectivity index (χ0n) is 23.2. The quantitative estimate of drug-likeness (QED) is 0.137. The Labute approximate surface area is 241 Å². The van der Waals surface area contributed by atoms with Gasteiger partial charge in [-0.05, 0) is 73.5 Å². The Morgan fingerprint density at radius 1 is 0.927 bits per heavy atom. The van der Waals surface area contributed by atoms with Gasteiger partial charge in [-0.25, -0.2) is 4.98 Å². The number of aliphatic hydroxyl groups excluding tert-OH is 1. The number of fused-ring (bicyclic) bond motifs is 1. The van der Waals surface area contributed by atoms with Crippen molar-refractivity contribution in [1.82, 2.24) is 4.98 Å². The molecular weight excluding hydrogens is 544 g/mol. The number of methoxy groups -OCH3 is 2. The third kappa shape index (κ3) is 5.30. The van der Waals surface area contributed by atoms with Gasteiger partial charge < -0.3 is 24.1 Å². The largest absolute Gasteiger partial charge is 0.507 e. The summed E-state index contributed by atoms with van der Waals surface area (Å²) in [7, 11) is 3.03. The lowest BCUT2D eigenvalue weighted by atomic mass is 9.95. The van der Waals surface area contributed by atoms with Gasteiger partial charge in [-0.15, -0.1) is 0 Å². The fourth-order valence-electron chi connectivity index (χ4n) is 4.70. The number of ketones is 1. The van der Waals surface area contributed by atoms with E-state index in [1.807, 2.05) is 32.0 Å². The zero-order valence-corrected chi connectivity index (χ0v) is 24.0. The number of carbonyl (C=O) groups excluding carboxylic acids is 2. The molecule has 1 fully saturated rings. The molecule has 1 aromatic heterocycles. The van der Waals surface area contributed by atoms with E-state index >= 15 is 0 Å². The maximum atomic E-state index is 13.6. The third-order valence-electron chi connectivity index (χ3n) is 6.63. The number of anilines is 1. The van der Waals surface area contributed by atoms with Gasteiger partial charge in [0.25, 0.3) is 5.78 Å². The summed E-state index contributed by atoms with van der Waals surface area (Å²) in [6, 6.07) is 16.4. The van der Waals surface area contributed by atoms with Gasteiger partial charge in [0.2, 0.25) is 0 Å². The predicted octanol–water partition coefficient (Wildman–Crippen LogP) is 6.13. The molecule has 1 amide bonds. The first kappa shape index (κ1) is 28.0. The number of thiazole rings is 1. The third-order valence-corrected chi connectivity index (χ3v) is 7.65. The van der Waals surface area contributed by atoms with Crippen LogP contribution >= 0.6 is 11.3 Å². The maximum Gasteiger partial charge on any atom is 0.301 e. The molecular formula is C31H30N2O7S. The van der Waals surface area contributed by atoms with Crippen LogP contribution < -0.4 is 23.8 Å². The molecule has 0 radical (unpaired) electrons. The number of hydrogen-bond donors (Lipinski definition) is 1. The van der Waals surface area contributed by atoms with E-state index in [0.717, 1.165) is 11.1 Å². The summed E-state index contributed by atoms with van der Waals surface area (Å²) in [6.45, 7) is 4.98. The minimum absolute atomic E-state index is 0.0568. The fourth-order valence-corrected chi connectivity index (χ4v) is 5.73. The van der Waals surface area contributed by atoms with Crippen LogP contribution in [-0.2, 0) is 9.59 Å². The number of ether oxygens (including phenoxy) is 4. The molecule has 5 rings (SSSR count). The number of hydrogen-bond acceptors (Lipinski definition) is 9. The molecule has 9 nitrogen and oxygen atoms in total. The molecule has 4 aromatic rings. The van der Waals surface area contributed by atoms with Gasteiger partial charge in [-0.2, -0.15) is 0 Å². The van der Waals surface area contributed by atoms with Crippen molar-refractivity contribution in [2.45, 2.75) is 26.3 Å². The number of nitrogens with zero attached hydrogens (tertiary/aromatic N) is 2. The van der Waals surface area contributed by atoms with Crippen LogP contribution in [0.3, 0.4) is 0 Å². The molecule has 0 bridgehead atoms. The second-order valence-corrected chi connectivity index (χ2v) is 10.2. The molecule has 0 aliphatic carbocycles. The average Bonchev–Trinajstić information content (AvgIpc) is 3.53. The summed E-state index contributed by atoms with van der Waals surface area (Å²) >= 11 is 1.26. The topological polar surface area (TPSA) is 107 Å². The Morgan fingerprint density at radius 2 is 1.66 bits per heavy atom. The summed E-state index contributed by atoms with van der Waals surface area (Å²) in [6.07, 6.45) is 0.856. The SMILES string of the molecule is CCCOc1ccc(/C(O)=C2\C(=O)C(=O)N(c3nc4ccc(OCC)cc4s3)C2c2ccc(OC)c(OC)c2)cc1. The standard InChI is InChI=1S/C31H30N2O7S/c1-5-15-40-20-10-7-18(8-11-20)28(34)26-27(19-9-14-23(37-3)24(16-19)38-4)33(30(36)29(26)35)31-32-22-13-12-21(39-6-2)17-25(22)41-31/h7-14,16-17,27,34H,5-6,15H2,1-4H3/b28-26+. The number of Topliss-reactive ketones (excluding diaryl/α,β-unsaturated/α-hetero) is 1. The number of carbonyl (C=O) groups is 2. The highest BCUT2D eigenvalue weighted by Crippen LogP contribution is 2.46. The van der Waals surface area contributed by atoms with Crippen LogP contribution in [0, 0.1) is 0 Å². The molecule has 0 spiro atoms. The van der Waals surface area contributed by atoms with Gasteiger partial charge in [0.05, 0.1) is 49.3 Å². The molecule has 2 heterocycles. The van der Waals surface area contributed by atoms with E-state index < -0.39 is 17.7 Å². The monoisotopic (exact) mass is 574 g/mol. The van der Waals surface area contributed by atoms with Gasteiger partial charge in [0, 0.05) is 5.56 Å². The van der Waals surface area contributed by atoms with E-state index in [4.69, 9.17) is 18.9 Å². The summed E-state index contributed by atoms with van der Waals surface area (Å²) in [5.74, 6) is 0.313. The van der Waals surface area contributed by atoms with Crippen LogP contribution in [0.15, 0.2) is 66.2 Å². The molecule has 10 heteroatoms. The minimum atomic E-state index is -0.974. The summed E-state index contributed by atoms with van der Waals surface area (Å²) in [5, 5.41) is 11.8. The van der Waals surface area contributed by atoms with E-state index in [1.54, 1.807) is 42.5 Å². The molecule has 212 valence electrons. The Balaban J connectivity index is 1.66. The first-order valence-corrected chi connectivity index (χ1v) is 14.0. The lowest BCUT2D eigenvalue weighted by molar-refractivity contribution is -0.132. The number of aromatic nitrogens is 1. The van der Waals surface area contributed by atoms with Crippen LogP contribution in [0.5, 0.6) is 23.0 Å². The first-order chi connectivity index (χ1) is 19.9. The first-order valence-electron chi connectivity index (χ1n) is 13.2. The molecule has 1 N–H and O–H groups in total. The smallest absolute Gasteiger partial charge is 0.301 e. The van der Waals surface area contributed by atoms with E-state index in [0.29, 0.717) is 58.0 Å². The normalized spacial score (nSPS) is 16.3. The fraction of sp³-hybridized carbons (Fsp3) is 0.258. The zero-order chi connectivity index (χ0) is 29.1. The van der Waals surface area contributed by atoms with Crippen LogP contribution in [0.4, 0.5) is 5.13 Å². The van der Waals surface area contributed by atoms with Crippen molar-refractivity contribution in [3.05, 3.63) is 77.4 Å². The highest BCUT2D eigenvalue weighted by Gasteiger charge is 2.48. The van der Waals surface area contributed by atoms with E-state index in [9.17, 15) is 14.7 Å². The predicted molar refractivity (Wildman–Crippen MR) is 157 cm³/mol. The molecule has 1 atom stereocenters. The van der Waals surface area contributed by atoms with Crippen LogP contribution in [-0.4, -0.2) is 49.2 Å². The number of rotatable bonds is 10. The van der Waals surface area contributed by atoms with Gasteiger partial charge in [-0.1, -0.05) is 24.3 Å². The van der Waals surface area contributed by atoms with Crippen LogP contribution in [0.25, 0.3) is 16.0 Å². The Morgan fingerprint density at radius 3 is 2.34 bits per heavy atom. The van der Waals surface area contributed by atoms with Gasteiger partial charge in [0.1, 0.15) is 17.3 Å². The second-order valence-electron chi connectivity index (χ2n) is 9.22. The van der Waals surface area contributed by atoms with E-state index in [2.05, 4.69) is 4.98 Å². The maximum absolute atomic E-state index is 13.6. The van der Waals surface area contributed by atoms with Gasteiger partial charge in [0.15, 0.2) is 16.6 Å². The van der Waals surface area contributed by atoms with Crippen molar-refractivity contribution in [2.75, 3.05) is 32.3 Å². The molecule has 1 saturated heterocycles. The highest BCUT2D eigenvalue weighted by atomic mass is 32.1. The second kappa shape index (κ2) is 11.9. The highest BCUT2D eigenvalue weighted by molar-refractivity contribution is 7.22. The van der Waals surface area contributed by atoms with Crippen molar-refractivity contribution in [1.29, 1.82) is 0 Å². The Bertz CT molecular complexity index is 1630. The van der Waals surface area contributed by atoms with Crippen LogP contribution in [0.1, 0.15) is 37.4 Å².